The van der Waals surface area contributed by atoms with Crippen LogP contribution in [0.4, 0.5) is 13.2 Å². The van der Waals surface area contributed by atoms with Crippen molar-refractivity contribution in [3.8, 4) is 5.75 Å². The minimum absolute atomic E-state index is 0.0899. The molecule has 2 atom stereocenters. The number of primary amides is 1. The van der Waals surface area contributed by atoms with Crippen molar-refractivity contribution in [2.24, 2.45) is 16.8 Å². The Morgan fingerprint density at radius 2 is 2.09 bits per heavy atom. The predicted molar refractivity (Wildman–Crippen MR) is 126 cm³/mol. The number of oxime groups is 1. The smallest absolute Gasteiger partial charge is 0.422 e. The van der Waals surface area contributed by atoms with Gasteiger partial charge in [-0.15, -0.1) is 0 Å². The maximum absolute atomic E-state index is 12.5. The number of nitrogens with zero attached hydrogens (tertiary/aromatic N) is 2. The lowest BCUT2D eigenvalue weighted by atomic mass is 9.91. The SMILES string of the molecule is CC1CCC(c2cccc3c2ccn3CC(N)=O)=NOC1c1ccc(OCC(F)(F)F)c(Br)c1. The van der Waals surface area contributed by atoms with E-state index in [1.807, 2.05) is 30.5 Å². The van der Waals surface area contributed by atoms with Crippen LogP contribution in [0.5, 0.6) is 5.75 Å². The van der Waals surface area contributed by atoms with E-state index in [9.17, 15) is 18.0 Å². The van der Waals surface area contributed by atoms with Gasteiger partial charge < -0.3 is 19.9 Å². The predicted octanol–water partition coefficient (Wildman–Crippen LogP) is 5.72. The molecule has 2 heterocycles. The lowest BCUT2D eigenvalue weighted by Crippen LogP contribution is -2.19. The summed E-state index contributed by atoms with van der Waals surface area (Å²) < 4.78 is 44.5. The largest absolute Gasteiger partial charge is 0.483 e. The van der Waals surface area contributed by atoms with Crippen LogP contribution in [0.15, 0.2) is 58.3 Å². The van der Waals surface area contributed by atoms with Crippen molar-refractivity contribution >= 4 is 38.5 Å². The third-order valence-electron chi connectivity index (χ3n) is 5.76. The molecule has 1 aliphatic rings. The van der Waals surface area contributed by atoms with Crippen LogP contribution in [0.1, 0.15) is 37.0 Å². The van der Waals surface area contributed by atoms with Crippen LogP contribution in [-0.2, 0) is 16.2 Å². The van der Waals surface area contributed by atoms with E-state index in [0.717, 1.165) is 34.2 Å². The highest BCUT2D eigenvalue weighted by atomic mass is 79.9. The van der Waals surface area contributed by atoms with E-state index in [2.05, 4.69) is 28.0 Å². The van der Waals surface area contributed by atoms with Gasteiger partial charge in [0.25, 0.3) is 0 Å². The maximum atomic E-state index is 12.5. The van der Waals surface area contributed by atoms with Crippen molar-refractivity contribution in [2.45, 2.75) is 38.6 Å². The van der Waals surface area contributed by atoms with Crippen molar-refractivity contribution in [1.29, 1.82) is 0 Å². The highest BCUT2D eigenvalue weighted by molar-refractivity contribution is 9.10. The molecule has 2 unspecified atom stereocenters. The number of aromatic nitrogens is 1. The fourth-order valence-electron chi connectivity index (χ4n) is 4.11. The molecule has 34 heavy (non-hydrogen) atoms. The zero-order chi connectivity index (χ0) is 24.5. The number of ether oxygens (including phenoxy) is 1. The molecule has 0 spiro atoms. The molecule has 2 aromatic carbocycles. The summed E-state index contributed by atoms with van der Waals surface area (Å²) in [7, 11) is 0. The van der Waals surface area contributed by atoms with Gasteiger partial charge in [0.2, 0.25) is 5.91 Å². The zero-order valence-corrected chi connectivity index (χ0v) is 19.9. The molecule has 6 nitrogen and oxygen atoms in total. The topological polar surface area (TPSA) is 78.8 Å². The molecule has 0 aliphatic carbocycles. The first-order valence-corrected chi connectivity index (χ1v) is 11.5. The van der Waals surface area contributed by atoms with Crippen molar-refractivity contribution in [2.75, 3.05) is 6.61 Å². The van der Waals surface area contributed by atoms with Crippen molar-refractivity contribution < 1.29 is 27.5 Å². The number of nitrogens with two attached hydrogens (primary N) is 1. The van der Waals surface area contributed by atoms with E-state index in [0.29, 0.717) is 10.9 Å². The number of carbonyl (C=O) groups excluding carboxylic acids is 1. The van der Waals surface area contributed by atoms with E-state index < -0.39 is 18.7 Å². The van der Waals surface area contributed by atoms with Crippen LogP contribution < -0.4 is 10.5 Å². The number of hydrogen-bond donors (Lipinski definition) is 1. The monoisotopic (exact) mass is 537 g/mol. The second-order valence-electron chi connectivity index (χ2n) is 8.32. The first kappa shape index (κ1) is 24.1. The van der Waals surface area contributed by atoms with Crippen LogP contribution in [0.3, 0.4) is 0 Å². The van der Waals surface area contributed by atoms with E-state index in [1.165, 1.54) is 6.07 Å². The summed E-state index contributed by atoms with van der Waals surface area (Å²) >= 11 is 3.30. The third kappa shape index (κ3) is 5.38. The van der Waals surface area contributed by atoms with Gasteiger partial charge in [-0.05, 0) is 58.6 Å². The van der Waals surface area contributed by atoms with Crippen LogP contribution in [0.25, 0.3) is 10.9 Å². The molecule has 0 fully saturated rings. The van der Waals surface area contributed by atoms with Gasteiger partial charge in [-0.2, -0.15) is 13.2 Å². The average molecular weight is 538 g/mol. The molecular formula is C24H23BrF3N3O3. The quantitative estimate of drug-likeness (QED) is 0.436. The van der Waals surface area contributed by atoms with Crippen molar-refractivity contribution in [3.63, 3.8) is 0 Å². The van der Waals surface area contributed by atoms with E-state index in [1.54, 1.807) is 16.7 Å². The summed E-state index contributed by atoms with van der Waals surface area (Å²) in [5.41, 5.74) is 8.73. The normalized spacial score (nSPS) is 18.8. The number of fused-ring (bicyclic) bond motifs is 1. The molecule has 1 aliphatic heterocycles. The van der Waals surface area contributed by atoms with E-state index >= 15 is 0 Å². The van der Waals surface area contributed by atoms with E-state index in [-0.39, 0.29) is 24.3 Å². The maximum Gasteiger partial charge on any atom is 0.422 e. The molecular weight excluding hydrogens is 515 g/mol. The molecule has 2 N–H and O–H groups in total. The van der Waals surface area contributed by atoms with Crippen LogP contribution in [0, 0.1) is 5.92 Å². The number of rotatable bonds is 6. The van der Waals surface area contributed by atoms with Crippen LogP contribution in [0.2, 0.25) is 0 Å². The van der Waals surface area contributed by atoms with Crippen molar-refractivity contribution in [3.05, 3.63) is 64.3 Å². The third-order valence-corrected chi connectivity index (χ3v) is 6.38. The number of alkyl halides is 3. The Balaban J connectivity index is 1.58. The number of carbonyl (C=O) groups is 1. The number of benzene rings is 2. The Kier molecular flexibility index (Phi) is 6.88. The first-order chi connectivity index (χ1) is 16.1. The molecule has 10 heteroatoms. The van der Waals surface area contributed by atoms with Gasteiger partial charge in [-0.1, -0.05) is 30.3 Å². The lowest BCUT2D eigenvalue weighted by molar-refractivity contribution is -0.153. The Bertz CT molecular complexity index is 1240. The number of hydrogen-bond acceptors (Lipinski definition) is 4. The molecule has 0 saturated heterocycles. The van der Waals surface area contributed by atoms with Gasteiger partial charge in [0.15, 0.2) is 12.7 Å². The van der Waals surface area contributed by atoms with Gasteiger partial charge in [-0.3, -0.25) is 4.79 Å². The van der Waals surface area contributed by atoms with Gasteiger partial charge >= 0.3 is 6.18 Å². The zero-order valence-electron chi connectivity index (χ0n) is 18.3. The molecule has 180 valence electrons. The van der Waals surface area contributed by atoms with Gasteiger partial charge in [0.1, 0.15) is 12.3 Å². The molecule has 3 aromatic rings. The Hall–Kier alpha value is -3.01. The summed E-state index contributed by atoms with van der Waals surface area (Å²) in [6.07, 6.45) is -1.48. The summed E-state index contributed by atoms with van der Waals surface area (Å²) in [4.78, 5) is 17.3. The van der Waals surface area contributed by atoms with Crippen LogP contribution >= 0.6 is 15.9 Å². The Labute approximate surface area is 202 Å². The fourth-order valence-corrected chi connectivity index (χ4v) is 4.62. The Morgan fingerprint density at radius 1 is 1.29 bits per heavy atom. The fraction of sp³-hybridized carbons (Fsp3) is 0.333. The highest BCUT2D eigenvalue weighted by Gasteiger charge is 2.30. The highest BCUT2D eigenvalue weighted by Crippen LogP contribution is 2.37. The second-order valence-corrected chi connectivity index (χ2v) is 9.18. The number of amides is 1. The average Bonchev–Trinajstić information content (AvgIpc) is 3.06. The molecule has 0 radical (unpaired) electrons. The summed E-state index contributed by atoms with van der Waals surface area (Å²) in [5.74, 6) is -0.205. The Morgan fingerprint density at radius 3 is 2.79 bits per heavy atom. The summed E-state index contributed by atoms with van der Waals surface area (Å²) in [6, 6.07) is 12.6. The molecule has 1 aromatic heterocycles. The van der Waals surface area contributed by atoms with Crippen molar-refractivity contribution in [1.82, 2.24) is 4.57 Å². The minimum atomic E-state index is -4.41. The molecule has 0 bridgehead atoms. The first-order valence-electron chi connectivity index (χ1n) is 10.7. The summed E-state index contributed by atoms with van der Waals surface area (Å²) in [6.45, 7) is 0.781. The van der Waals surface area contributed by atoms with E-state index in [4.69, 9.17) is 15.3 Å². The van der Waals surface area contributed by atoms with Crippen LogP contribution in [-0.4, -0.2) is 29.0 Å². The standard InChI is InChI=1S/C24H23BrF3N3O3/c1-14-5-7-19(16-3-2-4-20-17(16)9-10-31(20)12-22(29)32)30-34-23(14)15-6-8-21(18(25)11-15)33-13-24(26,27)28/h2-4,6,8-11,14,23H,5,7,12-13H2,1H3,(H2,29,32). The van der Waals surface area contributed by atoms with Gasteiger partial charge in [0, 0.05) is 28.6 Å². The van der Waals surface area contributed by atoms with Gasteiger partial charge in [-0.25, -0.2) is 0 Å². The molecule has 4 rings (SSSR count). The second kappa shape index (κ2) is 9.69. The van der Waals surface area contributed by atoms with Gasteiger partial charge in [0.05, 0.1) is 10.2 Å². The lowest BCUT2D eigenvalue weighted by Gasteiger charge is -2.21. The molecule has 0 saturated carbocycles. The molecule has 1 amide bonds. The summed E-state index contributed by atoms with van der Waals surface area (Å²) in [5, 5.41) is 5.41. The minimum Gasteiger partial charge on any atom is -0.483 e. The number of halogens is 4.